The molecule has 132 valence electrons. The molecule has 1 aliphatic rings. The quantitative estimate of drug-likeness (QED) is 0.720. The minimum Gasteiger partial charge on any atom is -0.445 e. The molecule has 3 heterocycles. The van der Waals surface area contributed by atoms with Gasteiger partial charge < -0.3 is 14.5 Å². The van der Waals surface area contributed by atoms with Crippen molar-refractivity contribution in [2.24, 2.45) is 0 Å². The molecule has 26 heavy (non-hydrogen) atoms. The summed E-state index contributed by atoms with van der Waals surface area (Å²) < 4.78 is 7.23. The van der Waals surface area contributed by atoms with Gasteiger partial charge in [-0.05, 0) is 30.7 Å². The van der Waals surface area contributed by atoms with Crippen LogP contribution in [0.2, 0.25) is 5.02 Å². The van der Waals surface area contributed by atoms with Crippen molar-refractivity contribution in [2.45, 2.75) is 25.5 Å². The number of imidazole rings is 1. The first-order chi connectivity index (χ1) is 12.4. The molecule has 1 amide bonds. The first kappa shape index (κ1) is 16.6. The van der Waals surface area contributed by atoms with Gasteiger partial charge in [0, 0.05) is 18.8 Å². The van der Waals surface area contributed by atoms with Crippen molar-refractivity contribution in [3.05, 3.63) is 70.6 Å². The minimum absolute atomic E-state index is 0.229. The summed E-state index contributed by atoms with van der Waals surface area (Å²) in [5, 5.41) is 3.41. The summed E-state index contributed by atoms with van der Waals surface area (Å²) >= 11 is 5.96. The molecule has 1 atom stereocenters. The predicted molar refractivity (Wildman–Crippen MR) is 96.0 cm³/mol. The lowest BCUT2D eigenvalue weighted by Gasteiger charge is -2.32. The molecule has 6 nitrogen and oxygen atoms in total. The van der Waals surface area contributed by atoms with E-state index in [9.17, 15) is 9.59 Å². The molecule has 4 rings (SSSR count). The van der Waals surface area contributed by atoms with Crippen LogP contribution < -0.4 is 5.32 Å². The van der Waals surface area contributed by atoms with Gasteiger partial charge in [0.1, 0.15) is 5.65 Å². The van der Waals surface area contributed by atoms with Crippen LogP contribution in [-0.2, 0) is 22.5 Å². The highest BCUT2D eigenvalue weighted by atomic mass is 35.5. The fraction of sp³-hybridized carbons (Fsp3) is 0.211. The van der Waals surface area contributed by atoms with Crippen molar-refractivity contribution in [3.63, 3.8) is 0 Å². The normalized spacial score (nSPS) is 19.1. The molecule has 0 spiro atoms. The zero-order chi connectivity index (χ0) is 18.3. The number of benzene rings is 1. The Balaban J connectivity index is 1.50. The topological polar surface area (TPSA) is 72.7 Å². The number of ether oxygens (including phenoxy) is 1. The number of cyclic esters (lactones) is 1. The van der Waals surface area contributed by atoms with Gasteiger partial charge in [0.15, 0.2) is 5.60 Å². The second-order valence-electron chi connectivity index (χ2n) is 6.48. The van der Waals surface area contributed by atoms with Gasteiger partial charge in [0.2, 0.25) is 0 Å². The van der Waals surface area contributed by atoms with Crippen LogP contribution in [-0.4, -0.2) is 26.9 Å². The fourth-order valence-electron chi connectivity index (χ4n) is 3.12. The number of esters is 1. The Kier molecular flexibility index (Phi) is 3.92. The number of nitrogens with one attached hydrogen (secondary N) is 1. The molecule has 3 aromatic rings. The van der Waals surface area contributed by atoms with E-state index in [0.29, 0.717) is 22.7 Å². The van der Waals surface area contributed by atoms with Crippen LogP contribution >= 0.6 is 11.6 Å². The average molecular weight is 370 g/mol. The largest absolute Gasteiger partial charge is 0.445 e. The molecular formula is C19H16ClN3O3. The Morgan fingerprint density at radius 1 is 1.31 bits per heavy atom. The van der Waals surface area contributed by atoms with Crippen LogP contribution in [0.3, 0.4) is 0 Å². The van der Waals surface area contributed by atoms with E-state index in [-0.39, 0.29) is 12.5 Å². The standard InChI is InChI=1S/C19H16ClN3O3/c1-19(8-12-4-2-3-5-15(12)17(24)26-19)18(25)21-9-14-11-23-10-13(20)6-7-16(23)22-14/h2-7,10-11H,8-9H2,1H3,(H,21,25). The van der Waals surface area contributed by atoms with Crippen LogP contribution in [0.4, 0.5) is 0 Å². The number of aromatic nitrogens is 2. The second-order valence-corrected chi connectivity index (χ2v) is 6.92. The number of amides is 1. The molecule has 0 saturated heterocycles. The summed E-state index contributed by atoms with van der Waals surface area (Å²) in [4.78, 5) is 29.3. The highest BCUT2D eigenvalue weighted by Crippen LogP contribution is 2.28. The number of pyridine rings is 1. The van der Waals surface area contributed by atoms with Gasteiger partial charge in [-0.3, -0.25) is 4.79 Å². The Labute approximate surface area is 154 Å². The molecular weight excluding hydrogens is 354 g/mol. The highest BCUT2D eigenvalue weighted by Gasteiger charge is 2.42. The Bertz CT molecular complexity index is 1030. The van der Waals surface area contributed by atoms with Crippen LogP contribution in [0.1, 0.15) is 28.5 Å². The van der Waals surface area contributed by atoms with Gasteiger partial charge in [0.25, 0.3) is 5.91 Å². The molecule has 0 radical (unpaired) electrons. The van der Waals surface area contributed by atoms with Crippen LogP contribution in [0.15, 0.2) is 48.8 Å². The van der Waals surface area contributed by atoms with E-state index in [0.717, 1.165) is 11.2 Å². The fourth-order valence-corrected chi connectivity index (χ4v) is 3.29. The van der Waals surface area contributed by atoms with Crippen molar-refractivity contribution in [1.82, 2.24) is 14.7 Å². The zero-order valence-electron chi connectivity index (χ0n) is 14.0. The molecule has 0 aliphatic carbocycles. The Hall–Kier alpha value is -2.86. The molecule has 1 aliphatic heterocycles. The number of halogens is 1. The van der Waals surface area contributed by atoms with Crippen molar-refractivity contribution in [1.29, 1.82) is 0 Å². The van der Waals surface area contributed by atoms with Crippen molar-refractivity contribution in [3.8, 4) is 0 Å². The number of nitrogens with zero attached hydrogens (tertiary/aromatic N) is 2. The first-order valence-corrected chi connectivity index (χ1v) is 8.55. The van der Waals surface area contributed by atoms with E-state index in [1.54, 1.807) is 48.0 Å². The molecule has 1 unspecified atom stereocenters. The molecule has 7 heteroatoms. The number of fused-ring (bicyclic) bond motifs is 2. The number of rotatable bonds is 3. The number of hydrogen-bond donors (Lipinski definition) is 1. The molecule has 2 aromatic heterocycles. The maximum Gasteiger partial charge on any atom is 0.339 e. The minimum atomic E-state index is -1.24. The van der Waals surface area contributed by atoms with E-state index >= 15 is 0 Å². The van der Waals surface area contributed by atoms with E-state index in [2.05, 4.69) is 10.3 Å². The smallest absolute Gasteiger partial charge is 0.339 e. The second kappa shape index (κ2) is 6.14. The zero-order valence-corrected chi connectivity index (χ0v) is 14.8. The van der Waals surface area contributed by atoms with Gasteiger partial charge >= 0.3 is 5.97 Å². The summed E-state index contributed by atoms with van der Waals surface area (Å²) in [5.74, 6) is -0.831. The van der Waals surface area contributed by atoms with Gasteiger partial charge in [-0.15, -0.1) is 0 Å². The summed E-state index contributed by atoms with van der Waals surface area (Å²) in [6, 6.07) is 10.7. The van der Waals surface area contributed by atoms with Crippen molar-refractivity contribution in [2.75, 3.05) is 0 Å². The van der Waals surface area contributed by atoms with E-state index < -0.39 is 11.6 Å². The number of carbonyl (C=O) groups is 2. The number of carbonyl (C=O) groups excluding carboxylic acids is 2. The summed E-state index contributed by atoms with van der Waals surface area (Å²) in [7, 11) is 0. The van der Waals surface area contributed by atoms with Gasteiger partial charge in [-0.2, -0.15) is 0 Å². The van der Waals surface area contributed by atoms with Crippen molar-refractivity contribution < 1.29 is 14.3 Å². The van der Waals surface area contributed by atoms with Gasteiger partial charge in [0.05, 0.1) is 22.8 Å². The maximum absolute atomic E-state index is 12.7. The van der Waals surface area contributed by atoms with E-state index in [4.69, 9.17) is 16.3 Å². The van der Waals surface area contributed by atoms with Gasteiger partial charge in [-0.1, -0.05) is 29.8 Å². The first-order valence-electron chi connectivity index (χ1n) is 8.17. The van der Waals surface area contributed by atoms with E-state index in [1.807, 2.05) is 12.1 Å². The number of hydrogen-bond acceptors (Lipinski definition) is 4. The van der Waals surface area contributed by atoms with Crippen LogP contribution in [0, 0.1) is 0 Å². The maximum atomic E-state index is 12.7. The van der Waals surface area contributed by atoms with E-state index in [1.165, 1.54) is 0 Å². The lowest BCUT2D eigenvalue weighted by molar-refractivity contribution is -0.140. The van der Waals surface area contributed by atoms with Crippen molar-refractivity contribution >= 4 is 29.1 Å². The summed E-state index contributed by atoms with van der Waals surface area (Å²) in [5.41, 5.74) is 1.50. The summed E-state index contributed by atoms with van der Waals surface area (Å²) in [6.07, 6.45) is 3.88. The lowest BCUT2D eigenvalue weighted by atomic mass is 9.89. The molecule has 0 bridgehead atoms. The monoisotopic (exact) mass is 369 g/mol. The predicted octanol–water partition coefficient (Wildman–Crippen LogP) is 2.78. The highest BCUT2D eigenvalue weighted by molar-refractivity contribution is 6.30. The summed E-state index contributed by atoms with van der Waals surface area (Å²) in [6.45, 7) is 1.85. The third kappa shape index (κ3) is 2.93. The van der Waals surface area contributed by atoms with Crippen LogP contribution in [0.5, 0.6) is 0 Å². The SMILES string of the molecule is CC1(C(=O)NCc2cn3cc(Cl)ccc3n2)Cc2ccccc2C(=O)O1. The molecule has 0 saturated carbocycles. The molecule has 1 N–H and O–H groups in total. The lowest BCUT2D eigenvalue weighted by Crippen LogP contribution is -2.51. The Morgan fingerprint density at radius 3 is 2.96 bits per heavy atom. The Morgan fingerprint density at radius 2 is 2.12 bits per heavy atom. The average Bonchev–Trinajstić information content (AvgIpc) is 3.01. The molecule has 0 fully saturated rings. The van der Waals surface area contributed by atoms with Gasteiger partial charge in [-0.25, -0.2) is 9.78 Å². The third-order valence-corrected chi connectivity index (χ3v) is 4.68. The molecule has 1 aromatic carbocycles. The van der Waals surface area contributed by atoms with Crippen LogP contribution in [0.25, 0.3) is 5.65 Å². The third-order valence-electron chi connectivity index (χ3n) is 4.46.